The zero-order chi connectivity index (χ0) is 37.3. The molecule has 2 atom stereocenters. The normalized spacial score (nSPS) is 16.9. The molecule has 0 saturated heterocycles. The fourth-order valence-corrected chi connectivity index (χ4v) is 7.88. The van der Waals surface area contributed by atoms with Gasteiger partial charge in [-0.2, -0.15) is 4.67 Å². The first-order chi connectivity index (χ1) is 24.8. The Kier molecular flexibility index (Phi) is 29.3. The van der Waals surface area contributed by atoms with Crippen molar-refractivity contribution in [2.75, 3.05) is 6.54 Å². The molecule has 0 bridgehead atoms. The Labute approximate surface area is 313 Å². The summed E-state index contributed by atoms with van der Waals surface area (Å²) in [6.45, 7) is 6.79. The second-order valence-electron chi connectivity index (χ2n) is 14.5. The molecule has 0 aliphatic carbocycles. The quantitative estimate of drug-likeness (QED) is 0.0303. The van der Waals surface area contributed by atoms with Crippen LogP contribution in [0.1, 0.15) is 207 Å². The van der Waals surface area contributed by atoms with E-state index < -0.39 is 24.2 Å². The molecule has 1 aliphatic rings. The van der Waals surface area contributed by atoms with Gasteiger partial charge in [-0.3, -0.25) is 9.59 Å². The molecule has 0 aromatic rings. The lowest BCUT2D eigenvalue weighted by Crippen LogP contribution is -2.43. The Balaban J connectivity index is 2.45. The van der Waals surface area contributed by atoms with Crippen LogP contribution in [0, 0.1) is 0 Å². The maximum absolute atomic E-state index is 13.6. The largest absolute Gasteiger partial charge is 0.488 e. The number of nitrogens with zero attached hydrogens (tertiary/aromatic N) is 3. The maximum atomic E-state index is 13.6. The second-order valence-corrected chi connectivity index (χ2v) is 16.0. The van der Waals surface area contributed by atoms with Gasteiger partial charge in [0, 0.05) is 12.8 Å². The number of unbranched alkanes of at least 4 members (excludes halogenated alkanes) is 22. The topological polar surface area (TPSA) is 96.3 Å². The summed E-state index contributed by atoms with van der Waals surface area (Å²) >= 11 is 0. The van der Waals surface area contributed by atoms with Gasteiger partial charge in [-0.25, -0.2) is 9.56 Å². The minimum Gasteiger partial charge on any atom is -0.304 e. The molecule has 0 aromatic heterocycles. The molecule has 9 heteroatoms. The molecule has 1 heterocycles. The SMILES string of the molecule is CCCCCCCC/C=C\CCCCCCCC(=O)N(C(=O)CCCCCCC/C=C\CCCCCCCC)P(=O)(O)O[N+]1(CCC)C=CN=C1. The molecule has 1 rings (SSSR count). The van der Waals surface area contributed by atoms with Crippen molar-refractivity contribution < 1.29 is 28.3 Å². The molecule has 1 N–H and O–H groups in total. The van der Waals surface area contributed by atoms with E-state index >= 15 is 0 Å². The monoisotopic (exact) mass is 735 g/mol. The Bertz CT molecular complexity index is 993. The van der Waals surface area contributed by atoms with Gasteiger partial charge in [0.15, 0.2) is 6.20 Å². The number of aliphatic imine (C=N–C) groups is 1. The summed E-state index contributed by atoms with van der Waals surface area (Å²) in [5.74, 6) is -1.27. The lowest BCUT2D eigenvalue weighted by atomic mass is 10.1. The van der Waals surface area contributed by atoms with Crippen molar-refractivity contribution in [2.45, 2.75) is 207 Å². The molecule has 2 unspecified atom stereocenters. The van der Waals surface area contributed by atoms with Crippen LogP contribution in [-0.4, -0.2) is 38.9 Å². The van der Waals surface area contributed by atoms with Crippen molar-refractivity contribution >= 4 is 25.9 Å². The average Bonchev–Trinajstić information content (AvgIpc) is 3.55. The van der Waals surface area contributed by atoms with Gasteiger partial charge >= 0.3 is 7.75 Å². The third kappa shape index (κ3) is 24.2. The predicted octanol–water partition coefficient (Wildman–Crippen LogP) is 13.2. The molecular weight excluding hydrogens is 657 g/mol. The number of allylic oxidation sites excluding steroid dienone is 4. The predicted molar refractivity (Wildman–Crippen MR) is 215 cm³/mol. The number of imide groups is 1. The van der Waals surface area contributed by atoms with Crippen molar-refractivity contribution in [1.82, 2.24) is 4.67 Å². The highest BCUT2D eigenvalue weighted by Crippen LogP contribution is 2.50. The fraction of sp³-hybridized carbons (Fsp3) is 0.786. The van der Waals surface area contributed by atoms with E-state index in [1.54, 1.807) is 6.20 Å². The number of hydroxylamine groups is 3. The Hall–Kier alpha value is -1.86. The highest BCUT2D eigenvalue weighted by Gasteiger charge is 2.47. The lowest BCUT2D eigenvalue weighted by Gasteiger charge is -2.30. The lowest BCUT2D eigenvalue weighted by molar-refractivity contribution is -0.960. The molecule has 8 nitrogen and oxygen atoms in total. The summed E-state index contributed by atoms with van der Waals surface area (Å²) in [7, 11) is -4.79. The summed E-state index contributed by atoms with van der Waals surface area (Å²) in [5.41, 5.74) is 0. The van der Waals surface area contributed by atoms with E-state index in [-0.39, 0.29) is 12.8 Å². The molecule has 0 spiro atoms. The zero-order valence-corrected chi connectivity index (χ0v) is 34.0. The highest BCUT2D eigenvalue weighted by atomic mass is 31.2. The van der Waals surface area contributed by atoms with E-state index in [1.807, 2.05) is 6.92 Å². The van der Waals surface area contributed by atoms with E-state index in [0.29, 0.717) is 30.5 Å². The molecular formula is C42H77N3O5P+. The second kappa shape index (κ2) is 31.6. The van der Waals surface area contributed by atoms with Crippen molar-refractivity contribution in [3.8, 4) is 0 Å². The van der Waals surface area contributed by atoms with Gasteiger partial charge in [-0.15, -0.1) is 0 Å². The summed E-state index contributed by atoms with van der Waals surface area (Å²) < 4.78 is 19.5. The van der Waals surface area contributed by atoms with Crippen LogP contribution in [0.15, 0.2) is 41.7 Å². The fourth-order valence-electron chi connectivity index (χ4n) is 6.47. The maximum Gasteiger partial charge on any atom is 0.488 e. The number of carbonyl (C=O) groups is 2. The first kappa shape index (κ1) is 47.2. The van der Waals surface area contributed by atoms with Gasteiger partial charge in [0.2, 0.25) is 18.2 Å². The standard InChI is InChI=1S/C42H76N3O5P/c1-4-7-9-11-13-15-17-19-21-23-25-27-29-31-33-35-41(46)44(51(48,49)50-45(38-6-3)39-37-43-40-45)42(47)36-34-32-30-28-26-24-22-20-18-16-14-12-10-8-5-2/h19-22,37,39-40H,4-18,23-36,38H2,1-3H3/p+1/b21-19-,22-20-. The Morgan fingerprint density at radius 3 is 1.33 bits per heavy atom. The average molecular weight is 735 g/mol. The zero-order valence-electron chi connectivity index (χ0n) is 33.1. The third-order valence-electron chi connectivity index (χ3n) is 9.53. The van der Waals surface area contributed by atoms with Crippen molar-refractivity contribution in [1.29, 1.82) is 0 Å². The van der Waals surface area contributed by atoms with Gasteiger partial charge < -0.3 is 4.89 Å². The minimum atomic E-state index is -4.79. The number of quaternary nitrogens is 1. The highest BCUT2D eigenvalue weighted by molar-refractivity contribution is 7.51. The number of carbonyl (C=O) groups excluding carboxylic acids is 2. The number of hydrogen-bond donors (Lipinski definition) is 1. The van der Waals surface area contributed by atoms with Crippen LogP contribution in [0.4, 0.5) is 0 Å². The van der Waals surface area contributed by atoms with Gasteiger partial charge in [0.25, 0.3) is 0 Å². The van der Waals surface area contributed by atoms with E-state index in [2.05, 4.69) is 43.1 Å². The molecule has 2 amide bonds. The van der Waals surface area contributed by atoms with Crippen molar-refractivity contribution in [3.63, 3.8) is 0 Å². The summed E-state index contributed by atoms with van der Waals surface area (Å²) in [5, 5.41) is 0. The first-order valence-corrected chi connectivity index (χ1v) is 22.6. The van der Waals surface area contributed by atoms with E-state index in [1.165, 1.54) is 102 Å². The summed E-state index contributed by atoms with van der Waals surface area (Å²) in [4.78, 5) is 41.9. The van der Waals surface area contributed by atoms with Gasteiger partial charge in [-0.05, 0) is 70.6 Å². The minimum absolute atomic E-state index is 0.0435. The van der Waals surface area contributed by atoms with Crippen LogP contribution < -0.4 is 0 Å². The van der Waals surface area contributed by atoms with Crippen LogP contribution in [0.3, 0.4) is 0 Å². The van der Waals surface area contributed by atoms with Crippen LogP contribution >= 0.6 is 7.75 Å². The summed E-state index contributed by atoms with van der Waals surface area (Å²) in [6.07, 6.45) is 44.0. The molecule has 0 radical (unpaired) electrons. The number of hydrogen-bond acceptors (Lipinski definition) is 5. The Morgan fingerprint density at radius 2 is 0.980 bits per heavy atom. The molecule has 294 valence electrons. The molecule has 0 fully saturated rings. The van der Waals surface area contributed by atoms with Crippen LogP contribution in [0.2, 0.25) is 0 Å². The van der Waals surface area contributed by atoms with Crippen LogP contribution in [0.25, 0.3) is 0 Å². The van der Waals surface area contributed by atoms with E-state index in [4.69, 9.17) is 4.62 Å². The van der Waals surface area contributed by atoms with Gasteiger partial charge in [0.05, 0.1) is 6.20 Å². The molecule has 0 aromatic carbocycles. The molecule has 1 aliphatic heterocycles. The number of rotatable bonds is 35. The van der Waals surface area contributed by atoms with Crippen LogP contribution in [0.5, 0.6) is 0 Å². The van der Waals surface area contributed by atoms with Crippen LogP contribution in [-0.2, 0) is 18.8 Å². The van der Waals surface area contributed by atoms with Gasteiger partial charge in [-0.1, -0.05) is 157 Å². The van der Waals surface area contributed by atoms with E-state index in [0.717, 1.165) is 64.2 Å². The molecule has 0 saturated carbocycles. The Morgan fingerprint density at radius 1 is 0.608 bits per heavy atom. The van der Waals surface area contributed by atoms with E-state index in [9.17, 15) is 19.0 Å². The van der Waals surface area contributed by atoms with Gasteiger partial charge in [0.1, 0.15) is 6.54 Å². The molecule has 51 heavy (non-hydrogen) atoms. The summed E-state index contributed by atoms with van der Waals surface area (Å²) in [6, 6.07) is 0. The van der Waals surface area contributed by atoms with Crippen molar-refractivity contribution in [2.24, 2.45) is 4.99 Å². The number of amides is 2. The van der Waals surface area contributed by atoms with Crippen molar-refractivity contribution in [3.05, 3.63) is 36.7 Å². The third-order valence-corrected chi connectivity index (χ3v) is 11.0. The first-order valence-electron chi connectivity index (χ1n) is 21.1. The smallest absolute Gasteiger partial charge is 0.304 e.